The van der Waals surface area contributed by atoms with Gasteiger partial charge in [0.05, 0.1) is 4.90 Å². The van der Waals surface area contributed by atoms with Gasteiger partial charge in [0.1, 0.15) is 4.91 Å². The van der Waals surface area contributed by atoms with Crippen molar-refractivity contribution in [1.29, 1.82) is 0 Å². The number of allylic oxidation sites excluding steroid dienone is 1. The van der Waals surface area contributed by atoms with Crippen molar-refractivity contribution in [2.45, 2.75) is 32.6 Å². The van der Waals surface area contributed by atoms with Crippen LogP contribution in [-0.4, -0.2) is 24.2 Å². The molecule has 0 amide bonds. The topological polar surface area (TPSA) is 89.0 Å². The van der Waals surface area contributed by atoms with Gasteiger partial charge in [0.25, 0.3) is 0 Å². The molecule has 0 radical (unpaired) electrons. The fourth-order valence-electron chi connectivity index (χ4n) is 2.13. The Morgan fingerprint density at radius 1 is 1.04 bits per heavy atom. The molecule has 2 rings (SSSR count). The highest BCUT2D eigenvalue weighted by atomic mass is 32.2. The Labute approximate surface area is 141 Å². The summed E-state index contributed by atoms with van der Waals surface area (Å²) in [5.41, 5.74) is 2.41. The van der Waals surface area contributed by atoms with Crippen LogP contribution in [0.25, 0.3) is 0 Å². The fourth-order valence-corrected chi connectivity index (χ4v) is 3.47. The monoisotopic (exact) mass is 345 g/mol. The summed E-state index contributed by atoms with van der Waals surface area (Å²) in [6, 6.07) is 8.13. The Balaban J connectivity index is 2.41. The van der Waals surface area contributed by atoms with E-state index in [0.29, 0.717) is 0 Å². The molecule has 0 saturated carbocycles. The van der Waals surface area contributed by atoms with Gasteiger partial charge < -0.3 is 5.32 Å². The number of anilines is 1. The molecule has 0 atom stereocenters. The van der Waals surface area contributed by atoms with Gasteiger partial charge in [-0.1, -0.05) is 17.7 Å². The van der Waals surface area contributed by atoms with Crippen molar-refractivity contribution >= 4 is 21.6 Å². The Kier molecular flexibility index (Phi) is 5.14. The first kappa shape index (κ1) is 17.8. The van der Waals surface area contributed by atoms with Crippen LogP contribution >= 0.6 is 0 Å². The van der Waals surface area contributed by atoms with Crippen molar-refractivity contribution in [3.8, 4) is 0 Å². The molecule has 126 valence electrons. The Morgan fingerprint density at radius 2 is 1.58 bits per heavy atom. The number of ketones is 1. The van der Waals surface area contributed by atoms with Crippen LogP contribution < -0.4 is 5.32 Å². The molecule has 2 aromatic rings. The lowest BCUT2D eigenvalue weighted by Crippen LogP contribution is -2.14. The number of sulfone groups is 1. The molecular formula is C17H19N3O3S. The van der Waals surface area contributed by atoms with Crippen LogP contribution in [0.5, 0.6) is 0 Å². The summed E-state index contributed by atoms with van der Waals surface area (Å²) < 4.78 is 25.3. The Bertz CT molecular complexity index is 881. The van der Waals surface area contributed by atoms with Gasteiger partial charge in [0, 0.05) is 17.6 Å². The van der Waals surface area contributed by atoms with Gasteiger partial charge >= 0.3 is 0 Å². The molecule has 7 heteroatoms. The van der Waals surface area contributed by atoms with Crippen molar-refractivity contribution in [1.82, 2.24) is 9.97 Å². The number of carbonyl (C=O) groups is 1. The number of aromatic nitrogens is 2. The van der Waals surface area contributed by atoms with E-state index < -0.39 is 15.6 Å². The van der Waals surface area contributed by atoms with Crippen LogP contribution in [-0.2, 0) is 14.6 Å². The van der Waals surface area contributed by atoms with Crippen LogP contribution in [0.2, 0.25) is 0 Å². The van der Waals surface area contributed by atoms with E-state index in [-0.39, 0.29) is 15.7 Å². The first-order chi connectivity index (χ1) is 11.2. The molecule has 0 unspecified atom stereocenters. The molecule has 1 N–H and O–H groups in total. The van der Waals surface area contributed by atoms with Crippen LogP contribution in [0.1, 0.15) is 23.9 Å². The molecule has 0 fully saturated rings. The van der Waals surface area contributed by atoms with Crippen molar-refractivity contribution in [2.75, 3.05) is 5.32 Å². The van der Waals surface area contributed by atoms with E-state index in [0.717, 1.165) is 23.2 Å². The minimum atomic E-state index is -3.91. The molecule has 0 spiro atoms. The summed E-state index contributed by atoms with van der Waals surface area (Å²) in [5.74, 6) is -0.321. The summed E-state index contributed by atoms with van der Waals surface area (Å²) in [5, 5.41) is 2.71. The molecule has 0 bridgehead atoms. The maximum absolute atomic E-state index is 12.7. The second-order valence-electron chi connectivity index (χ2n) is 5.50. The molecule has 1 aromatic carbocycles. The Morgan fingerprint density at radius 3 is 2.08 bits per heavy atom. The summed E-state index contributed by atoms with van der Waals surface area (Å²) in [4.78, 5) is 19.9. The van der Waals surface area contributed by atoms with E-state index >= 15 is 0 Å². The predicted octanol–water partition coefficient (Wildman–Crippen LogP) is 2.72. The van der Waals surface area contributed by atoms with E-state index in [1.165, 1.54) is 19.1 Å². The fraction of sp³-hybridized carbons (Fsp3) is 0.235. The normalized spacial score (nSPS) is 12.1. The van der Waals surface area contributed by atoms with Gasteiger partial charge in [-0.3, -0.25) is 4.79 Å². The van der Waals surface area contributed by atoms with Gasteiger partial charge in [-0.2, -0.15) is 0 Å². The molecule has 0 aliphatic carbocycles. The number of nitrogens with zero attached hydrogens (tertiary/aromatic N) is 2. The number of nitrogens with one attached hydrogen (secondary N) is 1. The highest BCUT2D eigenvalue weighted by Crippen LogP contribution is 2.20. The van der Waals surface area contributed by atoms with Crippen molar-refractivity contribution < 1.29 is 13.2 Å². The molecule has 1 heterocycles. The third-order valence-corrected chi connectivity index (χ3v) is 5.16. The van der Waals surface area contributed by atoms with E-state index in [2.05, 4.69) is 15.3 Å². The predicted molar refractivity (Wildman–Crippen MR) is 92.3 cm³/mol. The second kappa shape index (κ2) is 6.92. The molecule has 0 aliphatic heterocycles. The minimum Gasteiger partial charge on any atom is -0.329 e. The average Bonchev–Trinajstić information content (AvgIpc) is 2.46. The summed E-state index contributed by atoms with van der Waals surface area (Å²) in [7, 11) is -3.91. The highest BCUT2D eigenvalue weighted by molar-refractivity contribution is 7.96. The van der Waals surface area contributed by atoms with E-state index in [4.69, 9.17) is 0 Å². The smallest absolute Gasteiger partial charge is 0.227 e. The lowest BCUT2D eigenvalue weighted by Gasteiger charge is -2.08. The van der Waals surface area contributed by atoms with Crippen LogP contribution in [0.15, 0.2) is 46.3 Å². The number of rotatable bonds is 5. The number of benzene rings is 1. The van der Waals surface area contributed by atoms with Crippen molar-refractivity contribution in [3.63, 3.8) is 0 Å². The van der Waals surface area contributed by atoms with Crippen LogP contribution in [0.3, 0.4) is 0 Å². The average molecular weight is 345 g/mol. The van der Waals surface area contributed by atoms with E-state index in [9.17, 15) is 13.2 Å². The minimum absolute atomic E-state index is 0.0673. The summed E-state index contributed by atoms with van der Waals surface area (Å²) in [6.45, 7) is 6.68. The molecular weight excluding hydrogens is 326 g/mol. The molecule has 0 saturated heterocycles. The third-order valence-electron chi connectivity index (χ3n) is 3.28. The van der Waals surface area contributed by atoms with Crippen molar-refractivity contribution in [2.24, 2.45) is 0 Å². The first-order valence-corrected chi connectivity index (χ1v) is 8.80. The van der Waals surface area contributed by atoms with Crippen LogP contribution in [0, 0.1) is 20.8 Å². The number of hydrogen-bond donors (Lipinski definition) is 1. The van der Waals surface area contributed by atoms with Crippen molar-refractivity contribution in [3.05, 3.63) is 58.4 Å². The molecule has 6 nitrogen and oxygen atoms in total. The number of carbonyl (C=O) groups excluding carboxylic acids is 1. The Hall–Kier alpha value is -2.54. The number of hydrogen-bond acceptors (Lipinski definition) is 6. The summed E-state index contributed by atoms with van der Waals surface area (Å²) in [6.07, 6.45) is 1.14. The highest BCUT2D eigenvalue weighted by Gasteiger charge is 2.24. The zero-order valence-electron chi connectivity index (χ0n) is 14.0. The molecule has 1 aromatic heterocycles. The van der Waals surface area contributed by atoms with Gasteiger partial charge in [-0.15, -0.1) is 0 Å². The number of aryl methyl sites for hydroxylation is 3. The molecule has 0 aliphatic rings. The zero-order chi connectivity index (χ0) is 17.9. The van der Waals surface area contributed by atoms with Gasteiger partial charge in [0.15, 0.2) is 5.78 Å². The second-order valence-corrected chi connectivity index (χ2v) is 7.42. The lowest BCUT2D eigenvalue weighted by atomic mass is 10.2. The van der Waals surface area contributed by atoms with E-state index in [1.807, 2.05) is 6.92 Å². The quantitative estimate of drug-likeness (QED) is 0.838. The first-order valence-electron chi connectivity index (χ1n) is 7.32. The maximum Gasteiger partial charge on any atom is 0.227 e. The SMILES string of the molecule is CC(=O)C(=CNc1nc(C)cc(C)n1)S(=O)(=O)c1ccc(C)cc1. The lowest BCUT2D eigenvalue weighted by molar-refractivity contribution is -0.113. The largest absolute Gasteiger partial charge is 0.329 e. The maximum atomic E-state index is 12.7. The van der Waals surface area contributed by atoms with E-state index in [1.54, 1.807) is 32.0 Å². The van der Waals surface area contributed by atoms with Crippen LogP contribution in [0.4, 0.5) is 5.95 Å². The third kappa shape index (κ3) is 4.05. The van der Waals surface area contributed by atoms with Gasteiger partial charge in [-0.05, 0) is 45.9 Å². The summed E-state index contributed by atoms with van der Waals surface area (Å²) >= 11 is 0. The van der Waals surface area contributed by atoms with Gasteiger partial charge in [0.2, 0.25) is 15.8 Å². The van der Waals surface area contributed by atoms with Gasteiger partial charge in [-0.25, -0.2) is 18.4 Å². The molecule has 24 heavy (non-hydrogen) atoms. The zero-order valence-corrected chi connectivity index (χ0v) is 14.8. The number of Topliss-reactive ketones (excluding diaryl/α,β-unsaturated/α-hetero) is 1. The standard InChI is InChI=1S/C17H19N3O3S/c1-11-5-7-15(8-6-11)24(22,23)16(14(4)21)10-18-17-19-12(2)9-13(3)20-17/h5-10H,1-4H3,(H,18,19,20).